The molecule has 2 heterocycles. The topological polar surface area (TPSA) is 42.0 Å². The first-order valence-corrected chi connectivity index (χ1v) is 8.06. The van der Waals surface area contributed by atoms with Crippen LogP contribution in [0.3, 0.4) is 0 Å². The molecule has 2 aromatic rings. The molecule has 0 bridgehead atoms. The van der Waals surface area contributed by atoms with Crippen LogP contribution in [0.25, 0.3) is 10.2 Å². The Bertz CT molecular complexity index is 724. The minimum absolute atomic E-state index is 0.0302. The third-order valence-corrected chi connectivity index (χ3v) is 5.11. The predicted octanol–water partition coefficient (Wildman–Crippen LogP) is 4.10. The Morgan fingerprint density at radius 1 is 1.38 bits per heavy atom. The molecular weight excluding hydrogens is 280 g/mol. The van der Waals surface area contributed by atoms with E-state index in [1.165, 1.54) is 10.3 Å². The average Bonchev–Trinajstić information content (AvgIpc) is 2.80. The van der Waals surface area contributed by atoms with Gasteiger partial charge in [0.25, 0.3) is 0 Å². The Labute approximate surface area is 129 Å². The van der Waals surface area contributed by atoms with Gasteiger partial charge in [-0.2, -0.15) is 0 Å². The quantitative estimate of drug-likeness (QED) is 0.861. The lowest BCUT2D eigenvalue weighted by Crippen LogP contribution is -2.33. The molecular formula is C17H20N2OS. The van der Waals surface area contributed by atoms with Crippen molar-refractivity contribution in [2.24, 2.45) is 0 Å². The van der Waals surface area contributed by atoms with E-state index in [9.17, 15) is 4.79 Å². The molecule has 0 saturated carbocycles. The fraction of sp³-hybridized carbons (Fsp3) is 0.412. The molecule has 0 spiro atoms. The Morgan fingerprint density at radius 3 is 2.81 bits per heavy atom. The number of amides is 1. The third kappa shape index (κ3) is 2.60. The summed E-state index contributed by atoms with van der Waals surface area (Å²) < 4.78 is 1.21. The van der Waals surface area contributed by atoms with E-state index in [1.54, 1.807) is 11.3 Å². The van der Waals surface area contributed by atoms with E-state index >= 15 is 0 Å². The zero-order valence-corrected chi connectivity index (χ0v) is 13.5. The number of piperidine rings is 1. The summed E-state index contributed by atoms with van der Waals surface area (Å²) in [5.41, 5.74) is 3.18. The van der Waals surface area contributed by atoms with Gasteiger partial charge >= 0.3 is 0 Å². The molecule has 1 aliphatic rings. The standard InChI is InChI=1S/C17H20N2OS/c1-10-8-9-11(15(20)18-10)16-19-13-7-5-6-12(14(13)21-16)17(2,3)4/h5-7,11H,1,8-9H2,2-4H3,(H,18,20). The maximum Gasteiger partial charge on any atom is 0.234 e. The van der Waals surface area contributed by atoms with E-state index in [4.69, 9.17) is 4.98 Å². The van der Waals surface area contributed by atoms with Crippen LogP contribution < -0.4 is 5.32 Å². The van der Waals surface area contributed by atoms with Crippen molar-refractivity contribution in [3.05, 3.63) is 41.0 Å². The molecule has 3 rings (SSSR count). The smallest absolute Gasteiger partial charge is 0.234 e. The molecule has 110 valence electrons. The highest BCUT2D eigenvalue weighted by atomic mass is 32.1. The van der Waals surface area contributed by atoms with Crippen molar-refractivity contribution in [3.63, 3.8) is 0 Å². The molecule has 1 fully saturated rings. The zero-order chi connectivity index (χ0) is 15.2. The summed E-state index contributed by atoms with van der Waals surface area (Å²) in [6.07, 6.45) is 1.63. The highest BCUT2D eigenvalue weighted by Gasteiger charge is 2.29. The van der Waals surface area contributed by atoms with Gasteiger partial charge in [0.05, 0.1) is 16.1 Å². The van der Waals surface area contributed by atoms with Crippen molar-refractivity contribution in [1.29, 1.82) is 0 Å². The van der Waals surface area contributed by atoms with Crippen molar-refractivity contribution < 1.29 is 4.79 Å². The van der Waals surface area contributed by atoms with Crippen LogP contribution in [0.2, 0.25) is 0 Å². The summed E-state index contributed by atoms with van der Waals surface area (Å²) in [5, 5.41) is 3.77. The number of benzene rings is 1. The van der Waals surface area contributed by atoms with E-state index in [-0.39, 0.29) is 17.2 Å². The summed E-state index contributed by atoms with van der Waals surface area (Å²) in [6, 6.07) is 6.24. The number of allylic oxidation sites excluding steroid dienone is 1. The summed E-state index contributed by atoms with van der Waals surface area (Å²) in [7, 11) is 0. The van der Waals surface area contributed by atoms with E-state index < -0.39 is 0 Å². The van der Waals surface area contributed by atoms with E-state index in [0.717, 1.165) is 29.1 Å². The summed E-state index contributed by atoms with van der Waals surface area (Å²) in [6.45, 7) is 10.5. The summed E-state index contributed by atoms with van der Waals surface area (Å²) >= 11 is 1.66. The Kier molecular flexibility index (Phi) is 3.36. The number of carbonyl (C=O) groups excluding carboxylic acids is 1. The number of carbonyl (C=O) groups is 1. The van der Waals surface area contributed by atoms with Crippen LogP contribution in [0.4, 0.5) is 0 Å². The van der Waals surface area contributed by atoms with Gasteiger partial charge in [0.15, 0.2) is 0 Å². The lowest BCUT2D eigenvalue weighted by molar-refractivity contribution is -0.122. The number of rotatable bonds is 1. The molecule has 0 radical (unpaired) electrons. The van der Waals surface area contributed by atoms with Crippen LogP contribution in [0.15, 0.2) is 30.5 Å². The highest BCUT2D eigenvalue weighted by Crippen LogP contribution is 2.38. The normalized spacial score (nSPS) is 19.9. The molecule has 1 amide bonds. The van der Waals surface area contributed by atoms with Gasteiger partial charge in [-0.15, -0.1) is 11.3 Å². The van der Waals surface area contributed by atoms with Crippen LogP contribution in [-0.2, 0) is 10.2 Å². The average molecular weight is 300 g/mol. The van der Waals surface area contributed by atoms with E-state index in [0.29, 0.717) is 0 Å². The van der Waals surface area contributed by atoms with Crippen molar-refractivity contribution in [2.75, 3.05) is 0 Å². The van der Waals surface area contributed by atoms with Crippen LogP contribution in [0.5, 0.6) is 0 Å². The largest absolute Gasteiger partial charge is 0.330 e. The van der Waals surface area contributed by atoms with Gasteiger partial charge in [0, 0.05) is 5.70 Å². The van der Waals surface area contributed by atoms with Gasteiger partial charge < -0.3 is 5.32 Å². The minimum atomic E-state index is -0.138. The van der Waals surface area contributed by atoms with Crippen LogP contribution in [-0.4, -0.2) is 10.9 Å². The van der Waals surface area contributed by atoms with Crippen molar-refractivity contribution >= 4 is 27.5 Å². The molecule has 1 aliphatic heterocycles. The highest BCUT2D eigenvalue weighted by molar-refractivity contribution is 7.19. The SMILES string of the molecule is C=C1CCC(c2nc3cccc(C(C)(C)C)c3s2)C(=O)N1. The molecule has 1 aromatic heterocycles. The first-order valence-electron chi connectivity index (χ1n) is 7.25. The second kappa shape index (κ2) is 4.95. The van der Waals surface area contributed by atoms with Gasteiger partial charge in [0.2, 0.25) is 5.91 Å². The molecule has 0 aliphatic carbocycles. The molecule has 1 aromatic carbocycles. The van der Waals surface area contributed by atoms with Crippen LogP contribution in [0.1, 0.15) is 50.1 Å². The third-order valence-electron chi connectivity index (χ3n) is 3.89. The monoisotopic (exact) mass is 300 g/mol. The second-order valence-electron chi connectivity index (χ2n) is 6.64. The number of thiazole rings is 1. The van der Waals surface area contributed by atoms with Gasteiger partial charge in [0.1, 0.15) is 5.01 Å². The van der Waals surface area contributed by atoms with Gasteiger partial charge in [-0.3, -0.25) is 4.79 Å². The van der Waals surface area contributed by atoms with Crippen molar-refractivity contribution in [2.45, 2.75) is 44.9 Å². The molecule has 1 saturated heterocycles. The lowest BCUT2D eigenvalue weighted by atomic mass is 9.87. The van der Waals surface area contributed by atoms with Crippen molar-refractivity contribution in [3.8, 4) is 0 Å². The molecule has 4 heteroatoms. The number of hydrogen-bond acceptors (Lipinski definition) is 3. The summed E-state index contributed by atoms with van der Waals surface area (Å²) in [4.78, 5) is 16.9. The minimum Gasteiger partial charge on any atom is -0.330 e. The fourth-order valence-corrected chi connectivity index (χ4v) is 4.14. The Balaban J connectivity index is 2.06. The fourth-order valence-electron chi connectivity index (χ4n) is 2.72. The maximum absolute atomic E-state index is 12.2. The molecule has 3 nitrogen and oxygen atoms in total. The number of aromatic nitrogens is 1. The van der Waals surface area contributed by atoms with E-state index in [2.05, 4.69) is 44.8 Å². The van der Waals surface area contributed by atoms with Gasteiger partial charge in [-0.1, -0.05) is 39.5 Å². The first-order chi connectivity index (χ1) is 9.86. The van der Waals surface area contributed by atoms with Crippen LogP contribution >= 0.6 is 11.3 Å². The number of fused-ring (bicyclic) bond motifs is 1. The van der Waals surface area contributed by atoms with Gasteiger partial charge in [-0.25, -0.2) is 4.98 Å². The van der Waals surface area contributed by atoms with E-state index in [1.807, 2.05) is 6.07 Å². The predicted molar refractivity (Wildman–Crippen MR) is 87.6 cm³/mol. The zero-order valence-electron chi connectivity index (χ0n) is 12.7. The van der Waals surface area contributed by atoms with Crippen LogP contribution in [0, 0.1) is 0 Å². The molecule has 1 N–H and O–H groups in total. The van der Waals surface area contributed by atoms with Gasteiger partial charge in [-0.05, 0) is 29.9 Å². The number of nitrogens with zero attached hydrogens (tertiary/aromatic N) is 1. The molecule has 21 heavy (non-hydrogen) atoms. The lowest BCUT2D eigenvalue weighted by Gasteiger charge is -2.21. The second-order valence-corrected chi connectivity index (χ2v) is 7.67. The number of hydrogen-bond donors (Lipinski definition) is 1. The van der Waals surface area contributed by atoms with Crippen molar-refractivity contribution in [1.82, 2.24) is 10.3 Å². The first kappa shape index (κ1) is 14.3. The molecule has 1 unspecified atom stereocenters. The Morgan fingerprint density at radius 2 is 2.14 bits per heavy atom. The molecule has 1 atom stereocenters. The summed E-state index contributed by atoms with van der Waals surface area (Å²) in [5.74, 6) is -0.108. The maximum atomic E-state index is 12.2. The Hall–Kier alpha value is -1.68. The number of nitrogens with one attached hydrogen (secondary N) is 1.